The third kappa shape index (κ3) is 4.32. The smallest absolute Gasteiger partial charge is 0.254 e. The zero-order chi connectivity index (χ0) is 18.6. The lowest BCUT2D eigenvalue weighted by molar-refractivity contribution is 0.0623. The third-order valence-electron chi connectivity index (χ3n) is 4.59. The first-order chi connectivity index (χ1) is 12.5. The number of benzene rings is 1. The van der Waals surface area contributed by atoms with Crippen molar-refractivity contribution in [3.63, 3.8) is 0 Å². The maximum atomic E-state index is 12.7. The van der Waals surface area contributed by atoms with Crippen molar-refractivity contribution in [1.82, 2.24) is 9.62 Å². The van der Waals surface area contributed by atoms with Gasteiger partial charge in [0.25, 0.3) is 5.91 Å². The third-order valence-corrected chi connectivity index (χ3v) is 6.88. The number of amides is 1. The van der Waals surface area contributed by atoms with E-state index in [0.29, 0.717) is 18.7 Å². The van der Waals surface area contributed by atoms with Crippen LogP contribution in [-0.4, -0.2) is 38.4 Å². The van der Waals surface area contributed by atoms with Crippen molar-refractivity contribution < 1.29 is 13.2 Å². The van der Waals surface area contributed by atoms with Crippen LogP contribution in [0.25, 0.3) is 0 Å². The second-order valence-corrected chi connectivity index (χ2v) is 9.11. The van der Waals surface area contributed by atoms with Gasteiger partial charge in [0.15, 0.2) is 0 Å². The van der Waals surface area contributed by atoms with Crippen molar-refractivity contribution >= 4 is 27.3 Å². The number of piperidine rings is 1. The molecule has 0 saturated carbocycles. The van der Waals surface area contributed by atoms with Gasteiger partial charge in [-0.1, -0.05) is 6.07 Å². The van der Waals surface area contributed by atoms with Crippen LogP contribution in [0.4, 0.5) is 0 Å². The summed E-state index contributed by atoms with van der Waals surface area (Å²) in [5, 5.41) is 1.90. The molecule has 2 aromatic rings. The highest BCUT2D eigenvalue weighted by atomic mass is 32.2. The Labute approximate surface area is 158 Å². The van der Waals surface area contributed by atoms with Crippen molar-refractivity contribution in [1.29, 1.82) is 0 Å². The molecule has 2 heterocycles. The second-order valence-electron chi connectivity index (χ2n) is 6.31. The summed E-state index contributed by atoms with van der Waals surface area (Å²) < 4.78 is 27.4. The van der Waals surface area contributed by atoms with Crippen molar-refractivity contribution in [2.45, 2.75) is 36.7 Å². The second kappa shape index (κ2) is 8.30. The van der Waals surface area contributed by atoms with E-state index < -0.39 is 10.0 Å². The highest BCUT2D eigenvalue weighted by Gasteiger charge is 2.26. The zero-order valence-corrected chi connectivity index (χ0v) is 16.1. The number of thiophene rings is 1. The number of sulfonamides is 1. The van der Waals surface area contributed by atoms with E-state index in [2.05, 4.69) is 4.72 Å². The van der Waals surface area contributed by atoms with Crippen LogP contribution in [0.1, 0.15) is 34.5 Å². The number of hydrogen-bond donors (Lipinski definition) is 2. The first-order valence-corrected chi connectivity index (χ1v) is 11.0. The number of nitrogens with two attached hydrogens (primary N) is 1. The van der Waals surface area contributed by atoms with E-state index in [0.717, 1.165) is 24.1 Å². The number of rotatable bonds is 6. The number of nitrogens with one attached hydrogen (secondary N) is 1. The van der Waals surface area contributed by atoms with Gasteiger partial charge in [-0.15, -0.1) is 11.3 Å². The Morgan fingerprint density at radius 2 is 2.00 bits per heavy atom. The van der Waals surface area contributed by atoms with Crippen LogP contribution in [0.3, 0.4) is 0 Å². The topological polar surface area (TPSA) is 92.5 Å². The summed E-state index contributed by atoms with van der Waals surface area (Å²) in [6, 6.07) is 9.92. The average Bonchev–Trinajstić information content (AvgIpc) is 3.20. The zero-order valence-electron chi connectivity index (χ0n) is 14.4. The largest absolute Gasteiger partial charge is 0.334 e. The van der Waals surface area contributed by atoms with Gasteiger partial charge in [0, 0.05) is 36.1 Å². The van der Waals surface area contributed by atoms with Crippen LogP contribution in [-0.2, 0) is 16.6 Å². The minimum atomic E-state index is -3.61. The lowest BCUT2D eigenvalue weighted by atomic mass is 10.0. The SMILES string of the molecule is NCC1CCCCN1C(=O)c1ccc(S(=O)(=O)NCc2cccs2)cc1. The maximum absolute atomic E-state index is 12.7. The molecule has 0 radical (unpaired) electrons. The van der Waals surface area contributed by atoms with Gasteiger partial charge in [0.2, 0.25) is 10.0 Å². The molecule has 140 valence electrons. The summed E-state index contributed by atoms with van der Waals surface area (Å²) in [6.45, 7) is 1.40. The number of likely N-dealkylation sites (tertiary alicyclic amines) is 1. The summed E-state index contributed by atoms with van der Waals surface area (Å²) in [5.74, 6) is -0.0874. The molecule has 3 N–H and O–H groups in total. The van der Waals surface area contributed by atoms with E-state index in [-0.39, 0.29) is 23.4 Å². The Balaban J connectivity index is 1.70. The highest BCUT2D eigenvalue weighted by Crippen LogP contribution is 2.20. The van der Waals surface area contributed by atoms with E-state index in [1.807, 2.05) is 22.4 Å². The fourth-order valence-corrected chi connectivity index (χ4v) is 4.86. The van der Waals surface area contributed by atoms with Crippen molar-refractivity contribution in [2.24, 2.45) is 5.73 Å². The van der Waals surface area contributed by atoms with Gasteiger partial charge in [0.05, 0.1) is 4.90 Å². The van der Waals surface area contributed by atoms with E-state index in [9.17, 15) is 13.2 Å². The van der Waals surface area contributed by atoms with Crippen LogP contribution < -0.4 is 10.5 Å². The van der Waals surface area contributed by atoms with E-state index in [4.69, 9.17) is 5.73 Å². The first kappa shape index (κ1) is 19.0. The Hall–Kier alpha value is -1.74. The highest BCUT2D eigenvalue weighted by molar-refractivity contribution is 7.89. The standard InChI is InChI=1S/C18H23N3O3S2/c19-12-15-4-1-2-10-21(15)18(22)14-6-8-17(9-7-14)26(23,24)20-13-16-5-3-11-25-16/h3,5-9,11,15,20H,1-2,4,10,12-13,19H2. The summed E-state index contributed by atoms with van der Waals surface area (Å²) in [4.78, 5) is 15.6. The molecular formula is C18H23N3O3S2. The molecule has 1 saturated heterocycles. The summed E-state index contributed by atoms with van der Waals surface area (Å²) >= 11 is 1.50. The van der Waals surface area contributed by atoms with Crippen LogP contribution >= 0.6 is 11.3 Å². The van der Waals surface area contributed by atoms with Gasteiger partial charge in [-0.05, 0) is 55.0 Å². The average molecular weight is 394 g/mol. The number of carbonyl (C=O) groups is 1. The lowest BCUT2D eigenvalue weighted by Crippen LogP contribution is -2.47. The molecule has 1 atom stereocenters. The fraction of sp³-hybridized carbons (Fsp3) is 0.389. The molecule has 6 nitrogen and oxygen atoms in total. The normalized spacial score (nSPS) is 18.0. The van der Waals surface area contributed by atoms with Crippen LogP contribution in [0.15, 0.2) is 46.7 Å². The Bertz CT molecular complexity index is 833. The van der Waals surface area contributed by atoms with E-state index in [1.165, 1.54) is 23.5 Å². The molecule has 1 fully saturated rings. The minimum Gasteiger partial charge on any atom is -0.334 e. The molecule has 0 spiro atoms. The number of nitrogens with zero attached hydrogens (tertiary/aromatic N) is 1. The molecule has 1 aromatic carbocycles. The molecule has 3 rings (SSSR count). The molecule has 26 heavy (non-hydrogen) atoms. The number of carbonyl (C=O) groups excluding carboxylic acids is 1. The molecule has 8 heteroatoms. The summed E-state index contributed by atoms with van der Waals surface area (Å²) in [7, 11) is -3.61. The van der Waals surface area contributed by atoms with Gasteiger partial charge in [-0.25, -0.2) is 13.1 Å². The van der Waals surface area contributed by atoms with Gasteiger partial charge in [0.1, 0.15) is 0 Å². The van der Waals surface area contributed by atoms with E-state index >= 15 is 0 Å². The molecule has 1 amide bonds. The predicted molar refractivity (Wildman–Crippen MR) is 103 cm³/mol. The Morgan fingerprint density at radius 1 is 1.23 bits per heavy atom. The van der Waals surface area contributed by atoms with Gasteiger partial charge < -0.3 is 10.6 Å². The minimum absolute atomic E-state index is 0.0621. The van der Waals surface area contributed by atoms with Crippen LogP contribution in [0.5, 0.6) is 0 Å². The fourth-order valence-electron chi connectivity index (χ4n) is 3.12. The molecule has 0 bridgehead atoms. The van der Waals surface area contributed by atoms with E-state index in [1.54, 1.807) is 12.1 Å². The number of hydrogen-bond acceptors (Lipinski definition) is 5. The molecular weight excluding hydrogens is 370 g/mol. The summed E-state index contributed by atoms with van der Waals surface area (Å²) in [5.41, 5.74) is 6.27. The van der Waals surface area contributed by atoms with Crippen LogP contribution in [0.2, 0.25) is 0 Å². The quantitative estimate of drug-likeness (QED) is 0.787. The molecule has 1 aliphatic rings. The monoisotopic (exact) mass is 393 g/mol. The lowest BCUT2D eigenvalue weighted by Gasteiger charge is -2.35. The molecule has 0 aliphatic carbocycles. The Kier molecular flexibility index (Phi) is 6.08. The molecule has 1 unspecified atom stereocenters. The van der Waals surface area contributed by atoms with Crippen LogP contribution in [0, 0.1) is 0 Å². The van der Waals surface area contributed by atoms with Crippen molar-refractivity contribution in [3.8, 4) is 0 Å². The predicted octanol–water partition coefficient (Wildman–Crippen LogP) is 2.18. The molecule has 1 aliphatic heterocycles. The Morgan fingerprint density at radius 3 is 2.65 bits per heavy atom. The maximum Gasteiger partial charge on any atom is 0.254 e. The first-order valence-electron chi connectivity index (χ1n) is 8.64. The van der Waals surface area contributed by atoms with Gasteiger partial charge in [-0.2, -0.15) is 0 Å². The van der Waals surface area contributed by atoms with Gasteiger partial charge in [-0.3, -0.25) is 4.79 Å². The van der Waals surface area contributed by atoms with Gasteiger partial charge >= 0.3 is 0 Å². The van der Waals surface area contributed by atoms with Crippen molar-refractivity contribution in [3.05, 3.63) is 52.2 Å². The summed E-state index contributed by atoms with van der Waals surface area (Å²) in [6.07, 6.45) is 2.97. The van der Waals surface area contributed by atoms with Crippen molar-refractivity contribution in [2.75, 3.05) is 13.1 Å². The molecule has 1 aromatic heterocycles.